The van der Waals surface area contributed by atoms with E-state index in [9.17, 15) is 40.7 Å². The van der Waals surface area contributed by atoms with Gasteiger partial charge in [0.1, 0.15) is 29.8 Å². The molecule has 5 N–H and O–H groups in total. The van der Waals surface area contributed by atoms with E-state index in [4.69, 9.17) is 5.11 Å². The molecule has 4 atom stereocenters. The number of nitro groups is 2. The zero-order chi connectivity index (χ0) is 21.2. The first-order valence-corrected chi connectivity index (χ1v) is 8.96. The van der Waals surface area contributed by atoms with Crippen molar-refractivity contribution in [1.82, 2.24) is 9.80 Å². The van der Waals surface area contributed by atoms with Crippen LogP contribution in [-0.2, 0) is 0 Å². The Morgan fingerprint density at radius 1 is 0.929 bits per heavy atom. The molecule has 0 unspecified atom stereocenters. The van der Waals surface area contributed by atoms with Gasteiger partial charge in [-0.25, -0.2) is 0 Å². The van der Waals surface area contributed by atoms with Gasteiger partial charge in [-0.2, -0.15) is 0 Å². The van der Waals surface area contributed by atoms with Crippen molar-refractivity contribution in [3.8, 4) is 0 Å². The molecule has 0 aromatic heterocycles. The van der Waals surface area contributed by atoms with Gasteiger partial charge >= 0.3 is 0 Å². The Morgan fingerprint density at radius 2 is 1.32 bits per heavy atom. The molecule has 13 nitrogen and oxygen atoms in total. The Labute approximate surface area is 160 Å². The summed E-state index contributed by atoms with van der Waals surface area (Å²) in [4.78, 5) is 25.8. The maximum absolute atomic E-state index is 12.0. The molecule has 0 amide bonds. The summed E-state index contributed by atoms with van der Waals surface area (Å²) in [5, 5.41) is 73.2. The van der Waals surface area contributed by atoms with E-state index >= 15 is 0 Å². The van der Waals surface area contributed by atoms with Crippen LogP contribution in [-0.4, -0.2) is 120 Å². The molecule has 4 aliphatic heterocycles. The topological polar surface area (TPSA) is 194 Å². The van der Waals surface area contributed by atoms with Crippen LogP contribution in [0.3, 0.4) is 0 Å². The highest BCUT2D eigenvalue weighted by molar-refractivity contribution is 5.22. The van der Waals surface area contributed by atoms with Gasteiger partial charge in [-0.05, 0) is 13.8 Å². The molecular weight excluding hydrogens is 380 g/mol. The highest BCUT2D eigenvalue weighted by Gasteiger charge is 2.82. The van der Waals surface area contributed by atoms with Gasteiger partial charge in [0.05, 0.1) is 39.0 Å². The maximum atomic E-state index is 12.0. The molecule has 28 heavy (non-hydrogen) atoms. The fraction of sp³-hybridized carbons (Fsp3) is 1.00. The summed E-state index contributed by atoms with van der Waals surface area (Å²) < 4.78 is 0. The lowest BCUT2D eigenvalue weighted by Crippen LogP contribution is -2.91. The SMILES string of the molecule is CC1(C)C2([N+](=O)[O-])CN3CC1([N+](=O)[O-])CN(C2)C3[C@H](O)[C@@H](O)[C@H](O)[C@H](O)CO. The molecule has 0 aliphatic carbocycles. The molecule has 4 heterocycles. The highest BCUT2D eigenvalue weighted by atomic mass is 16.6. The minimum atomic E-state index is -1.87. The monoisotopic (exact) mass is 406 g/mol. The van der Waals surface area contributed by atoms with Gasteiger partial charge in [0.2, 0.25) is 0 Å². The standard InChI is InChI=1S/C15H26N4O9/c1-13(2)14(18(25)26)4-16-6-15(13,19(27)28)7-17(5-14)12(16)11(24)10(23)9(22)8(21)3-20/h8-12,20-24H,3-7H2,1-2H3/t8-,9-,10+,11-,12?,14?,15?/m1/s1. The Balaban J connectivity index is 1.97. The van der Waals surface area contributed by atoms with Crippen molar-refractivity contribution in [3.63, 3.8) is 0 Å². The van der Waals surface area contributed by atoms with E-state index in [0.29, 0.717) is 0 Å². The van der Waals surface area contributed by atoms with E-state index in [2.05, 4.69) is 0 Å². The summed E-state index contributed by atoms with van der Waals surface area (Å²) in [5.74, 6) is 0. The fourth-order valence-electron chi connectivity index (χ4n) is 5.22. The smallest absolute Gasteiger partial charge is 0.259 e. The Bertz CT molecular complexity index is 622. The molecular formula is C15H26N4O9. The summed E-state index contributed by atoms with van der Waals surface area (Å²) in [6.07, 6.45) is -8.10. The van der Waals surface area contributed by atoms with E-state index in [1.54, 1.807) is 0 Å². The molecule has 13 heteroatoms. The average Bonchev–Trinajstić information content (AvgIpc) is 2.62. The molecule has 4 aliphatic rings. The molecule has 0 aromatic rings. The number of aliphatic hydroxyl groups is 5. The summed E-state index contributed by atoms with van der Waals surface area (Å²) in [5.41, 5.74) is -4.54. The van der Waals surface area contributed by atoms with Crippen LogP contribution in [0.4, 0.5) is 0 Å². The Morgan fingerprint density at radius 3 is 1.64 bits per heavy atom. The normalized spacial score (nSPS) is 42.6. The van der Waals surface area contributed by atoms with Crippen molar-refractivity contribution in [2.75, 3.05) is 32.8 Å². The molecule has 0 aromatic carbocycles. The molecule has 160 valence electrons. The van der Waals surface area contributed by atoms with E-state index in [1.807, 2.05) is 0 Å². The maximum Gasteiger partial charge on any atom is 0.259 e. The van der Waals surface area contributed by atoms with Crippen molar-refractivity contribution in [3.05, 3.63) is 20.2 Å². The number of aliphatic hydroxyl groups excluding tert-OH is 5. The molecule has 4 bridgehead atoms. The van der Waals surface area contributed by atoms with Crippen LogP contribution in [0.2, 0.25) is 0 Å². The minimum Gasteiger partial charge on any atom is -0.394 e. The average molecular weight is 406 g/mol. The quantitative estimate of drug-likeness (QED) is 0.207. The first-order chi connectivity index (χ1) is 12.9. The molecule has 0 saturated carbocycles. The van der Waals surface area contributed by atoms with E-state index in [-0.39, 0.29) is 26.2 Å². The first kappa shape index (κ1) is 21.2. The number of nitrogens with zero attached hydrogens (tertiary/aromatic N) is 4. The lowest BCUT2D eigenvalue weighted by molar-refractivity contribution is -0.679. The highest BCUT2D eigenvalue weighted by Crippen LogP contribution is 2.56. The second kappa shape index (κ2) is 6.52. The first-order valence-electron chi connectivity index (χ1n) is 8.96. The van der Waals surface area contributed by atoms with Crippen molar-refractivity contribution in [1.29, 1.82) is 0 Å². The van der Waals surface area contributed by atoms with Crippen LogP contribution < -0.4 is 0 Å². The third-order valence-electron chi connectivity index (χ3n) is 7.22. The third kappa shape index (κ3) is 2.44. The van der Waals surface area contributed by atoms with Gasteiger partial charge < -0.3 is 25.5 Å². The van der Waals surface area contributed by atoms with Crippen LogP contribution in [0.1, 0.15) is 13.8 Å². The molecule has 4 fully saturated rings. The van der Waals surface area contributed by atoms with Crippen LogP contribution in [0.5, 0.6) is 0 Å². The lowest BCUT2D eigenvalue weighted by atomic mass is 9.53. The van der Waals surface area contributed by atoms with Crippen LogP contribution >= 0.6 is 0 Å². The van der Waals surface area contributed by atoms with Crippen molar-refractivity contribution >= 4 is 0 Å². The van der Waals surface area contributed by atoms with Crippen LogP contribution in [0.25, 0.3) is 0 Å². The van der Waals surface area contributed by atoms with Crippen LogP contribution in [0.15, 0.2) is 0 Å². The predicted molar refractivity (Wildman–Crippen MR) is 91.3 cm³/mol. The molecule has 0 radical (unpaired) electrons. The third-order valence-corrected chi connectivity index (χ3v) is 7.22. The second-order valence-corrected chi connectivity index (χ2v) is 8.65. The van der Waals surface area contributed by atoms with E-state index in [1.165, 1.54) is 23.6 Å². The summed E-state index contributed by atoms with van der Waals surface area (Å²) in [6.45, 7) is 1.57. The minimum absolute atomic E-state index is 0.161. The van der Waals surface area contributed by atoms with Gasteiger partial charge in [-0.15, -0.1) is 0 Å². The zero-order valence-corrected chi connectivity index (χ0v) is 15.6. The number of piperidine rings is 2. The van der Waals surface area contributed by atoms with Gasteiger partial charge in [0, 0.05) is 9.85 Å². The zero-order valence-electron chi connectivity index (χ0n) is 15.6. The Kier molecular flexibility index (Phi) is 4.94. The van der Waals surface area contributed by atoms with Gasteiger partial charge in [-0.1, -0.05) is 0 Å². The molecule has 4 rings (SSSR count). The van der Waals surface area contributed by atoms with Crippen molar-refractivity contribution in [2.24, 2.45) is 5.41 Å². The second-order valence-electron chi connectivity index (χ2n) is 8.65. The van der Waals surface area contributed by atoms with Gasteiger partial charge in [0.15, 0.2) is 0 Å². The Hall–Kier alpha value is -1.48. The van der Waals surface area contributed by atoms with Gasteiger partial charge in [0.25, 0.3) is 11.1 Å². The summed E-state index contributed by atoms with van der Waals surface area (Å²) >= 11 is 0. The lowest BCUT2D eigenvalue weighted by Gasteiger charge is -2.66. The van der Waals surface area contributed by atoms with Gasteiger partial charge in [-0.3, -0.25) is 30.0 Å². The van der Waals surface area contributed by atoms with E-state index in [0.717, 1.165) is 0 Å². The fourth-order valence-corrected chi connectivity index (χ4v) is 5.22. The molecule has 4 saturated heterocycles. The number of hydrogen-bond donors (Lipinski definition) is 5. The van der Waals surface area contributed by atoms with E-state index < -0.39 is 63.5 Å². The van der Waals surface area contributed by atoms with Crippen molar-refractivity contribution in [2.45, 2.75) is 55.5 Å². The number of rotatable bonds is 7. The largest absolute Gasteiger partial charge is 0.394 e. The van der Waals surface area contributed by atoms with Crippen LogP contribution in [0, 0.1) is 25.6 Å². The molecule has 0 spiro atoms. The van der Waals surface area contributed by atoms with Crippen molar-refractivity contribution < 1.29 is 35.4 Å². The summed E-state index contributed by atoms with van der Waals surface area (Å²) in [7, 11) is 0. The predicted octanol–water partition coefficient (Wildman–Crippen LogP) is -3.55. The number of hydrogen-bond acceptors (Lipinski definition) is 11. The summed E-state index contributed by atoms with van der Waals surface area (Å²) in [6, 6.07) is 0.